The van der Waals surface area contributed by atoms with Crippen molar-refractivity contribution in [3.8, 4) is 0 Å². The fourth-order valence-electron chi connectivity index (χ4n) is 6.65. The molecule has 5 rings (SSSR count). The van der Waals surface area contributed by atoms with E-state index in [0.717, 1.165) is 25.7 Å². The van der Waals surface area contributed by atoms with Gasteiger partial charge in [0.15, 0.2) is 0 Å². The molecule has 1 aromatic heterocycles. The van der Waals surface area contributed by atoms with Crippen LogP contribution in [0.15, 0.2) is 48.7 Å². The average molecular weight is 586 g/mol. The van der Waals surface area contributed by atoms with Gasteiger partial charge < -0.3 is 25.6 Å². The molecule has 0 radical (unpaired) electrons. The van der Waals surface area contributed by atoms with Gasteiger partial charge in [-0.05, 0) is 86.1 Å². The minimum atomic E-state index is -0.806. The highest BCUT2D eigenvalue weighted by Gasteiger charge is 2.40. The SMILES string of the molecule is CC(C)C1CC(C(NC2CCC(c3c[nH]c4ccccc34)CC2)C(=O)O)CCN1C(=O)Nc1ccc(Cl)c(Cl)c1. The quantitative estimate of drug-likeness (QED) is 0.231. The molecule has 3 unspecified atom stereocenters. The number of likely N-dealkylation sites (tertiary alicyclic amines) is 1. The van der Waals surface area contributed by atoms with Crippen LogP contribution < -0.4 is 10.6 Å². The van der Waals surface area contributed by atoms with Gasteiger partial charge in [-0.1, -0.05) is 55.2 Å². The van der Waals surface area contributed by atoms with Gasteiger partial charge in [-0.3, -0.25) is 4.79 Å². The molecule has 0 bridgehead atoms. The Hall–Kier alpha value is -2.74. The second-order valence-electron chi connectivity index (χ2n) is 11.7. The second-order valence-corrected chi connectivity index (χ2v) is 12.5. The fraction of sp³-hybridized carbons (Fsp3) is 0.484. The number of aromatic nitrogens is 1. The number of amides is 2. The lowest BCUT2D eigenvalue weighted by atomic mass is 9.79. The van der Waals surface area contributed by atoms with E-state index in [1.54, 1.807) is 18.2 Å². The summed E-state index contributed by atoms with van der Waals surface area (Å²) in [5.74, 6) is -0.186. The lowest BCUT2D eigenvalue weighted by Gasteiger charge is -2.44. The summed E-state index contributed by atoms with van der Waals surface area (Å²) in [6.07, 6.45) is 7.38. The molecule has 3 atom stereocenters. The van der Waals surface area contributed by atoms with Crippen LogP contribution in [0.4, 0.5) is 10.5 Å². The van der Waals surface area contributed by atoms with Crippen LogP contribution in [0.25, 0.3) is 10.9 Å². The van der Waals surface area contributed by atoms with Crippen molar-refractivity contribution in [2.75, 3.05) is 11.9 Å². The molecule has 40 heavy (non-hydrogen) atoms. The zero-order valence-corrected chi connectivity index (χ0v) is 24.5. The molecule has 1 saturated carbocycles. The number of fused-ring (bicyclic) bond motifs is 1. The van der Waals surface area contributed by atoms with Gasteiger partial charge in [-0.15, -0.1) is 0 Å². The Morgan fingerprint density at radius 3 is 2.48 bits per heavy atom. The van der Waals surface area contributed by atoms with E-state index >= 15 is 0 Å². The number of carbonyl (C=O) groups is 2. The summed E-state index contributed by atoms with van der Waals surface area (Å²) in [7, 11) is 0. The maximum Gasteiger partial charge on any atom is 0.322 e. The average Bonchev–Trinajstić information content (AvgIpc) is 3.38. The van der Waals surface area contributed by atoms with Crippen molar-refractivity contribution in [2.45, 2.75) is 76.4 Å². The van der Waals surface area contributed by atoms with E-state index in [4.69, 9.17) is 23.2 Å². The lowest BCUT2D eigenvalue weighted by molar-refractivity contribution is -0.142. The van der Waals surface area contributed by atoms with E-state index < -0.39 is 12.0 Å². The minimum Gasteiger partial charge on any atom is -0.480 e. The summed E-state index contributed by atoms with van der Waals surface area (Å²) in [4.78, 5) is 30.9. The van der Waals surface area contributed by atoms with Gasteiger partial charge in [-0.25, -0.2) is 4.79 Å². The number of nitrogens with zero attached hydrogens (tertiary/aromatic N) is 1. The first kappa shape index (κ1) is 28.8. The first-order valence-corrected chi connectivity index (χ1v) is 15.0. The molecule has 1 saturated heterocycles. The van der Waals surface area contributed by atoms with E-state index in [-0.39, 0.29) is 30.0 Å². The zero-order valence-electron chi connectivity index (χ0n) is 23.0. The third kappa shape index (κ3) is 6.27. The molecule has 2 amide bonds. The van der Waals surface area contributed by atoms with Crippen LogP contribution >= 0.6 is 23.2 Å². The number of H-pyrrole nitrogens is 1. The number of rotatable bonds is 7. The maximum atomic E-state index is 13.2. The molecule has 1 aliphatic carbocycles. The number of urea groups is 1. The summed E-state index contributed by atoms with van der Waals surface area (Å²) in [5.41, 5.74) is 3.12. The number of anilines is 1. The highest BCUT2D eigenvalue weighted by molar-refractivity contribution is 6.42. The first-order chi connectivity index (χ1) is 19.2. The van der Waals surface area contributed by atoms with E-state index in [2.05, 4.69) is 53.9 Å². The molecule has 4 N–H and O–H groups in total. The molecule has 214 valence electrons. The highest BCUT2D eigenvalue weighted by atomic mass is 35.5. The molecule has 1 aliphatic heterocycles. The number of halogens is 2. The Kier molecular flexibility index (Phi) is 8.93. The van der Waals surface area contributed by atoms with Crippen molar-refractivity contribution in [2.24, 2.45) is 11.8 Å². The predicted octanol–water partition coefficient (Wildman–Crippen LogP) is 7.51. The topological polar surface area (TPSA) is 97.5 Å². The number of aliphatic carboxylic acids is 1. The number of para-hydroxylation sites is 1. The molecule has 7 nitrogen and oxygen atoms in total. The number of hydrogen-bond acceptors (Lipinski definition) is 3. The van der Waals surface area contributed by atoms with Crippen LogP contribution in [-0.2, 0) is 4.79 Å². The van der Waals surface area contributed by atoms with Gasteiger partial charge in [0.1, 0.15) is 6.04 Å². The van der Waals surface area contributed by atoms with Crippen molar-refractivity contribution < 1.29 is 14.7 Å². The lowest BCUT2D eigenvalue weighted by Crippen LogP contribution is -2.56. The number of hydrogen-bond donors (Lipinski definition) is 4. The molecule has 3 aromatic rings. The summed E-state index contributed by atoms with van der Waals surface area (Å²) >= 11 is 12.1. The molecule has 0 spiro atoms. The highest BCUT2D eigenvalue weighted by Crippen LogP contribution is 2.38. The molecular formula is C31H38Cl2N4O3. The van der Waals surface area contributed by atoms with Crippen LogP contribution in [0.1, 0.15) is 63.9 Å². The fourth-order valence-corrected chi connectivity index (χ4v) is 6.95. The van der Waals surface area contributed by atoms with Crippen LogP contribution in [-0.4, -0.2) is 51.7 Å². The summed E-state index contributed by atoms with van der Waals surface area (Å²) in [6, 6.07) is 12.7. The summed E-state index contributed by atoms with van der Waals surface area (Å²) in [6.45, 7) is 4.67. The second kappa shape index (κ2) is 12.4. The Labute approximate surface area is 245 Å². The molecule has 2 fully saturated rings. The molecular weight excluding hydrogens is 547 g/mol. The van der Waals surface area contributed by atoms with Crippen molar-refractivity contribution in [3.05, 3.63) is 64.3 Å². The predicted molar refractivity (Wildman–Crippen MR) is 161 cm³/mol. The van der Waals surface area contributed by atoms with E-state index in [1.807, 2.05) is 11.0 Å². The van der Waals surface area contributed by atoms with Gasteiger partial charge in [0, 0.05) is 41.4 Å². The molecule has 2 aliphatic rings. The Morgan fingerprint density at radius 2 is 1.77 bits per heavy atom. The molecule has 2 heterocycles. The number of benzene rings is 2. The Morgan fingerprint density at radius 1 is 1.02 bits per heavy atom. The van der Waals surface area contributed by atoms with Crippen LogP contribution in [0.2, 0.25) is 10.0 Å². The largest absolute Gasteiger partial charge is 0.480 e. The third-order valence-electron chi connectivity index (χ3n) is 8.83. The number of carboxylic acid groups (broad SMARTS) is 1. The van der Waals surface area contributed by atoms with Crippen molar-refractivity contribution in [1.29, 1.82) is 0 Å². The first-order valence-electron chi connectivity index (χ1n) is 14.3. The van der Waals surface area contributed by atoms with Crippen molar-refractivity contribution in [1.82, 2.24) is 15.2 Å². The number of carbonyl (C=O) groups excluding carboxylic acids is 1. The molecule has 9 heteroatoms. The smallest absolute Gasteiger partial charge is 0.322 e. The Bertz CT molecular complexity index is 1350. The number of aromatic amines is 1. The molecule has 2 aromatic carbocycles. The van der Waals surface area contributed by atoms with Gasteiger partial charge in [-0.2, -0.15) is 0 Å². The van der Waals surface area contributed by atoms with E-state index in [1.165, 1.54) is 16.5 Å². The van der Waals surface area contributed by atoms with E-state index in [9.17, 15) is 14.7 Å². The van der Waals surface area contributed by atoms with Gasteiger partial charge >= 0.3 is 12.0 Å². The van der Waals surface area contributed by atoms with E-state index in [0.29, 0.717) is 41.0 Å². The standard InChI is InChI=1S/C31H38Cl2N4O3/c1-18(2)28-15-20(13-14-37(28)31(40)36-22-11-12-25(32)26(33)16-22)29(30(38)39)35-21-9-7-19(8-10-21)24-17-34-27-6-4-3-5-23(24)27/h3-6,11-12,16-21,28-29,34-35H,7-10,13-15H2,1-2H3,(H,36,40)(H,38,39). The Balaban J connectivity index is 1.20. The minimum absolute atomic E-state index is 0.0507. The number of nitrogens with one attached hydrogen (secondary N) is 3. The summed E-state index contributed by atoms with van der Waals surface area (Å²) in [5, 5.41) is 18.8. The number of piperidine rings is 1. The normalized spacial score (nSPS) is 24.3. The van der Waals surface area contributed by atoms with Gasteiger partial charge in [0.25, 0.3) is 0 Å². The maximum absolute atomic E-state index is 13.2. The van der Waals surface area contributed by atoms with Crippen molar-refractivity contribution >= 4 is 51.8 Å². The number of carboxylic acids is 1. The van der Waals surface area contributed by atoms with Crippen molar-refractivity contribution in [3.63, 3.8) is 0 Å². The van der Waals surface area contributed by atoms with Crippen LogP contribution in [0.3, 0.4) is 0 Å². The van der Waals surface area contributed by atoms with Crippen LogP contribution in [0, 0.1) is 11.8 Å². The van der Waals surface area contributed by atoms with Gasteiger partial charge in [0.2, 0.25) is 0 Å². The van der Waals surface area contributed by atoms with Gasteiger partial charge in [0.05, 0.1) is 10.0 Å². The zero-order chi connectivity index (χ0) is 28.4. The monoisotopic (exact) mass is 584 g/mol. The third-order valence-corrected chi connectivity index (χ3v) is 9.57. The summed E-state index contributed by atoms with van der Waals surface area (Å²) < 4.78 is 0. The van der Waals surface area contributed by atoms with Crippen LogP contribution in [0.5, 0.6) is 0 Å².